The average Bonchev–Trinajstić information content (AvgIpc) is 3.28. The van der Waals surface area contributed by atoms with Crippen molar-refractivity contribution in [3.8, 4) is 16.9 Å². The molecule has 1 aliphatic heterocycles. The van der Waals surface area contributed by atoms with Crippen LogP contribution in [0.2, 0.25) is 0 Å². The van der Waals surface area contributed by atoms with E-state index in [4.69, 9.17) is 5.73 Å². The number of hydrogen-bond donors (Lipinski definition) is 2. The minimum absolute atomic E-state index is 0.0673. The van der Waals surface area contributed by atoms with E-state index in [1.807, 2.05) is 0 Å². The summed E-state index contributed by atoms with van der Waals surface area (Å²) < 4.78 is 57.6. The van der Waals surface area contributed by atoms with Crippen LogP contribution in [0.4, 0.5) is 23.2 Å². The number of likely N-dealkylation sites (tertiary alicyclic amines) is 1. The van der Waals surface area contributed by atoms with Crippen LogP contribution in [-0.2, 0) is 16.1 Å². The lowest BCUT2D eigenvalue weighted by molar-refractivity contribution is -0.275. The Bertz CT molecular complexity index is 1810. The minimum atomic E-state index is -5.14. The van der Waals surface area contributed by atoms with Crippen molar-refractivity contribution in [1.29, 1.82) is 0 Å². The minimum Gasteiger partial charge on any atom is -0.403 e. The van der Waals surface area contributed by atoms with Crippen LogP contribution in [0.25, 0.3) is 22.0 Å². The molecule has 3 N–H and O–H groups in total. The van der Waals surface area contributed by atoms with Gasteiger partial charge in [0.05, 0.1) is 17.2 Å². The summed E-state index contributed by atoms with van der Waals surface area (Å²) in [5.41, 5.74) is 7.50. The molecule has 0 bridgehead atoms. The molecular weight excluding hydrogens is 574 g/mol. The van der Waals surface area contributed by atoms with E-state index in [0.717, 1.165) is 23.8 Å². The summed E-state index contributed by atoms with van der Waals surface area (Å²) in [5.74, 6) is -4.85. The zero-order chi connectivity index (χ0) is 30.6. The predicted molar refractivity (Wildman–Crippen MR) is 143 cm³/mol. The molecule has 2 fully saturated rings. The maximum atomic E-state index is 14.7. The van der Waals surface area contributed by atoms with Gasteiger partial charge in [-0.2, -0.15) is 5.10 Å². The molecule has 3 atom stereocenters. The van der Waals surface area contributed by atoms with E-state index < -0.39 is 53.4 Å². The second-order valence-corrected chi connectivity index (χ2v) is 10.1. The van der Waals surface area contributed by atoms with Gasteiger partial charge in [0, 0.05) is 29.3 Å². The van der Waals surface area contributed by atoms with Crippen LogP contribution >= 0.6 is 0 Å². The highest BCUT2D eigenvalue weighted by molar-refractivity contribution is 6.05. The average molecular weight is 596 g/mol. The molecule has 2 aromatic carbocycles. The van der Waals surface area contributed by atoms with Gasteiger partial charge in [-0.3, -0.25) is 19.1 Å². The summed E-state index contributed by atoms with van der Waals surface area (Å²) in [6, 6.07) is 6.50. The van der Waals surface area contributed by atoms with Gasteiger partial charge in [0.15, 0.2) is 17.3 Å². The van der Waals surface area contributed by atoms with Crippen molar-refractivity contribution in [1.82, 2.24) is 24.6 Å². The van der Waals surface area contributed by atoms with Gasteiger partial charge in [0.2, 0.25) is 11.8 Å². The molecule has 1 aliphatic carbocycles. The van der Waals surface area contributed by atoms with Gasteiger partial charge in [-0.25, -0.2) is 14.4 Å². The molecule has 3 amide bonds. The zero-order valence-electron chi connectivity index (χ0n) is 22.0. The topological polar surface area (TPSA) is 145 Å². The Labute approximate surface area is 239 Å². The maximum absolute atomic E-state index is 14.7. The van der Waals surface area contributed by atoms with E-state index in [2.05, 4.69) is 31.7 Å². The summed E-state index contributed by atoms with van der Waals surface area (Å²) in [5, 5.41) is 6.93. The normalized spacial score (nSPS) is 19.3. The van der Waals surface area contributed by atoms with Gasteiger partial charge in [0.25, 0.3) is 5.91 Å². The van der Waals surface area contributed by atoms with Crippen molar-refractivity contribution in [2.45, 2.75) is 31.4 Å². The summed E-state index contributed by atoms with van der Waals surface area (Å²) in [7, 11) is 0. The van der Waals surface area contributed by atoms with E-state index in [0.29, 0.717) is 22.0 Å². The number of amides is 3. The van der Waals surface area contributed by atoms with Gasteiger partial charge in [0.1, 0.15) is 18.9 Å². The predicted octanol–water partition coefficient (Wildman–Crippen LogP) is 3.42. The first-order chi connectivity index (χ1) is 20.4. The molecule has 2 aliphatic rings. The lowest BCUT2D eigenvalue weighted by atomic mass is 10.1. The number of primary amides is 1. The van der Waals surface area contributed by atoms with Crippen LogP contribution in [0.1, 0.15) is 16.9 Å². The van der Waals surface area contributed by atoms with Crippen molar-refractivity contribution < 1.29 is 36.7 Å². The molecule has 43 heavy (non-hydrogen) atoms. The van der Waals surface area contributed by atoms with Crippen LogP contribution in [0.15, 0.2) is 67.3 Å². The molecule has 220 valence electrons. The Hall–Kier alpha value is -5.34. The number of carbonyl (C=O) groups is 3. The van der Waals surface area contributed by atoms with E-state index in [9.17, 15) is 31.9 Å². The molecule has 3 heterocycles. The summed E-state index contributed by atoms with van der Waals surface area (Å²) in [6.07, 6.45) is -0.385. The Morgan fingerprint density at radius 1 is 1.12 bits per heavy atom. The Morgan fingerprint density at radius 2 is 1.86 bits per heavy atom. The van der Waals surface area contributed by atoms with Gasteiger partial charge in [-0.05, 0) is 41.8 Å². The monoisotopic (exact) mass is 595 g/mol. The molecule has 0 radical (unpaired) electrons. The van der Waals surface area contributed by atoms with E-state index in [-0.39, 0.29) is 24.6 Å². The number of aromatic nitrogens is 4. The standard InChI is InChI=1S/C28H21F4N7O4/c1-13-16-8-20(27(42)36-18-3-2-4-21(23(18)29)43-28(30,31)32)39(25(13)16)22(40)11-38-19-6-5-14(15-9-34-12-35-10-15)7-17(19)24(37-38)26(33)41/h2-7,9-10,12,16,20,25H,1,8,11H2,(H2,33,41)(H,36,42)/t16-,20-,25+/m0/s1. The Morgan fingerprint density at radius 3 is 2.56 bits per heavy atom. The number of ether oxygens (including phenoxy) is 1. The highest BCUT2D eigenvalue weighted by Gasteiger charge is 2.59. The molecule has 2 aromatic heterocycles. The summed E-state index contributed by atoms with van der Waals surface area (Å²) >= 11 is 0. The molecule has 0 spiro atoms. The van der Waals surface area contributed by atoms with Crippen molar-refractivity contribution in [3.05, 3.63) is 78.8 Å². The quantitative estimate of drug-likeness (QED) is 0.246. The van der Waals surface area contributed by atoms with Gasteiger partial charge >= 0.3 is 6.36 Å². The van der Waals surface area contributed by atoms with Crippen LogP contribution in [0.3, 0.4) is 0 Å². The number of benzene rings is 2. The second kappa shape index (κ2) is 10.2. The third-order valence-corrected chi connectivity index (χ3v) is 7.44. The third kappa shape index (κ3) is 5.13. The molecule has 1 saturated heterocycles. The largest absolute Gasteiger partial charge is 0.573 e. The number of alkyl halides is 3. The maximum Gasteiger partial charge on any atom is 0.573 e. The third-order valence-electron chi connectivity index (χ3n) is 7.44. The lowest BCUT2D eigenvalue weighted by Crippen LogP contribution is -2.47. The number of nitrogens with two attached hydrogens (primary N) is 1. The fourth-order valence-corrected chi connectivity index (χ4v) is 5.47. The number of nitrogens with one attached hydrogen (secondary N) is 1. The molecule has 6 rings (SSSR count). The number of rotatable bonds is 7. The number of halogens is 4. The van der Waals surface area contributed by atoms with Gasteiger partial charge < -0.3 is 20.7 Å². The van der Waals surface area contributed by atoms with Crippen molar-refractivity contribution >= 4 is 34.3 Å². The van der Waals surface area contributed by atoms with Crippen LogP contribution < -0.4 is 15.8 Å². The molecule has 11 nitrogen and oxygen atoms in total. The molecule has 1 saturated carbocycles. The molecule has 0 unspecified atom stereocenters. The number of nitrogens with zero attached hydrogens (tertiary/aromatic N) is 5. The number of hydrogen-bond acceptors (Lipinski definition) is 7. The van der Waals surface area contributed by atoms with Crippen LogP contribution in [0.5, 0.6) is 5.75 Å². The number of carbonyl (C=O) groups excluding carboxylic acids is 3. The Kier molecular flexibility index (Phi) is 6.59. The molecule has 15 heteroatoms. The molecular formula is C28H21F4N7O4. The van der Waals surface area contributed by atoms with E-state index in [1.165, 1.54) is 15.9 Å². The summed E-state index contributed by atoms with van der Waals surface area (Å²) in [4.78, 5) is 48.4. The van der Waals surface area contributed by atoms with Gasteiger partial charge in [-0.1, -0.05) is 18.7 Å². The van der Waals surface area contributed by atoms with Crippen molar-refractivity contribution in [3.63, 3.8) is 0 Å². The SMILES string of the molecule is C=C1[C@@H]2[C@H]1C[C@@H](C(=O)Nc1cccc(OC(F)(F)F)c1F)N2C(=O)Cn1nc(C(N)=O)c2cc(-c3cncnc3)ccc21. The van der Waals surface area contributed by atoms with E-state index in [1.54, 1.807) is 30.6 Å². The summed E-state index contributed by atoms with van der Waals surface area (Å²) in [6.45, 7) is 3.57. The van der Waals surface area contributed by atoms with Crippen molar-refractivity contribution in [2.75, 3.05) is 5.32 Å². The zero-order valence-corrected chi connectivity index (χ0v) is 22.0. The Balaban J connectivity index is 1.26. The second-order valence-electron chi connectivity index (χ2n) is 10.1. The number of anilines is 1. The van der Waals surface area contributed by atoms with Gasteiger partial charge in [-0.15, -0.1) is 13.2 Å². The van der Waals surface area contributed by atoms with Crippen LogP contribution in [-0.4, -0.2) is 60.8 Å². The highest BCUT2D eigenvalue weighted by Crippen LogP contribution is 2.52. The first-order valence-electron chi connectivity index (χ1n) is 12.8. The fourth-order valence-electron chi connectivity index (χ4n) is 5.47. The van der Waals surface area contributed by atoms with Crippen LogP contribution in [0, 0.1) is 11.7 Å². The fraction of sp³-hybridized carbons (Fsp3) is 0.214. The molecule has 4 aromatic rings. The smallest absolute Gasteiger partial charge is 0.403 e. The number of piperidine rings is 1. The lowest BCUT2D eigenvalue weighted by Gasteiger charge is -2.27. The first kappa shape index (κ1) is 27.8. The van der Waals surface area contributed by atoms with E-state index >= 15 is 0 Å². The number of fused-ring (bicyclic) bond motifs is 2. The van der Waals surface area contributed by atoms with Crippen molar-refractivity contribution in [2.24, 2.45) is 11.7 Å². The highest BCUT2D eigenvalue weighted by atomic mass is 19.4. The first-order valence-corrected chi connectivity index (χ1v) is 12.8.